The SMILES string of the molecule is COc1ccc(CCN2Cc3cncn3C(c3cccc(Br)c3)C2=O)cc1. The van der Waals surface area contributed by atoms with Crippen molar-refractivity contribution in [2.24, 2.45) is 0 Å². The predicted molar refractivity (Wildman–Crippen MR) is 107 cm³/mol. The molecule has 4 rings (SSSR count). The van der Waals surface area contributed by atoms with Crippen LogP contribution >= 0.6 is 15.9 Å². The van der Waals surface area contributed by atoms with Crippen LogP contribution in [0, 0.1) is 0 Å². The fourth-order valence-electron chi connectivity index (χ4n) is 3.48. The van der Waals surface area contributed by atoms with Crippen molar-refractivity contribution in [3.05, 3.63) is 82.3 Å². The summed E-state index contributed by atoms with van der Waals surface area (Å²) in [5.41, 5.74) is 3.19. The Labute approximate surface area is 166 Å². The Morgan fingerprint density at radius 1 is 1.22 bits per heavy atom. The topological polar surface area (TPSA) is 47.4 Å². The van der Waals surface area contributed by atoms with Gasteiger partial charge >= 0.3 is 0 Å². The highest BCUT2D eigenvalue weighted by atomic mass is 79.9. The highest BCUT2D eigenvalue weighted by molar-refractivity contribution is 9.10. The summed E-state index contributed by atoms with van der Waals surface area (Å²) in [6, 6.07) is 15.5. The lowest BCUT2D eigenvalue weighted by Gasteiger charge is -2.34. The van der Waals surface area contributed by atoms with Crippen molar-refractivity contribution in [2.45, 2.75) is 19.0 Å². The Morgan fingerprint density at radius 3 is 2.78 bits per heavy atom. The Hall–Kier alpha value is -2.60. The molecule has 5 nitrogen and oxygen atoms in total. The quantitative estimate of drug-likeness (QED) is 0.623. The van der Waals surface area contributed by atoms with Gasteiger partial charge in [0.1, 0.15) is 11.8 Å². The number of ether oxygens (including phenoxy) is 1. The number of methoxy groups -OCH3 is 1. The molecule has 3 aromatic rings. The van der Waals surface area contributed by atoms with Crippen LogP contribution in [0.4, 0.5) is 0 Å². The Bertz CT molecular complexity index is 952. The summed E-state index contributed by atoms with van der Waals surface area (Å²) in [5.74, 6) is 0.943. The second-order valence-electron chi connectivity index (χ2n) is 6.61. The number of amides is 1. The first-order chi connectivity index (χ1) is 13.2. The number of rotatable bonds is 5. The number of aromatic nitrogens is 2. The van der Waals surface area contributed by atoms with Gasteiger partial charge in [-0.1, -0.05) is 40.2 Å². The van der Waals surface area contributed by atoms with Gasteiger partial charge in [-0.05, 0) is 41.8 Å². The zero-order valence-corrected chi connectivity index (χ0v) is 16.6. The fourth-order valence-corrected chi connectivity index (χ4v) is 3.89. The first kappa shape index (κ1) is 17.8. The molecule has 6 heteroatoms. The molecular weight excluding hydrogens is 406 g/mol. The van der Waals surface area contributed by atoms with Crippen LogP contribution < -0.4 is 4.74 Å². The maximum absolute atomic E-state index is 13.3. The number of benzene rings is 2. The van der Waals surface area contributed by atoms with Crippen LogP contribution in [-0.4, -0.2) is 34.0 Å². The van der Waals surface area contributed by atoms with Gasteiger partial charge in [0.05, 0.1) is 25.7 Å². The zero-order valence-electron chi connectivity index (χ0n) is 15.0. The normalized spacial score (nSPS) is 16.3. The van der Waals surface area contributed by atoms with Gasteiger partial charge in [-0.3, -0.25) is 4.79 Å². The number of carbonyl (C=O) groups excluding carboxylic acids is 1. The Kier molecular flexibility index (Phi) is 4.99. The number of imidazole rings is 1. The molecule has 2 heterocycles. The minimum atomic E-state index is -0.371. The Balaban J connectivity index is 1.56. The van der Waals surface area contributed by atoms with E-state index in [1.807, 2.05) is 64.2 Å². The molecule has 0 N–H and O–H groups in total. The summed E-state index contributed by atoms with van der Waals surface area (Å²) in [7, 11) is 1.66. The number of hydrogen-bond donors (Lipinski definition) is 0. The fraction of sp³-hybridized carbons (Fsp3) is 0.238. The minimum Gasteiger partial charge on any atom is -0.497 e. The molecule has 1 amide bonds. The van der Waals surface area contributed by atoms with Crippen LogP contribution in [0.15, 0.2) is 65.5 Å². The second-order valence-corrected chi connectivity index (χ2v) is 7.52. The molecule has 0 saturated carbocycles. The minimum absolute atomic E-state index is 0.104. The molecule has 0 spiro atoms. The number of fused-ring (bicyclic) bond motifs is 1. The molecule has 1 unspecified atom stereocenters. The monoisotopic (exact) mass is 425 g/mol. The standard InChI is InChI=1S/C21H20BrN3O2/c1-27-19-7-5-15(6-8-19)9-10-24-13-18-12-23-14-25(18)20(21(24)26)16-3-2-4-17(22)11-16/h2-8,11-12,14,20H,9-10,13H2,1H3. The van der Waals surface area contributed by atoms with Crippen molar-refractivity contribution in [1.29, 1.82) is 0 Å². The van der Waals surface area contributed by atoms with Crippen LogP contribution in [0.2, 0.25) is 0 Å². The average Bonchev–Trinajstić information content (AvgIpc) is 3.14. The molecule has 1 aromatic heterocycles. The van der Waals surface area contributed by atoms with Gasteiger partial charge in [0, 0.05) is 17.2 Å². The van der Waals surface area contributed by atoms with E-state index in [4.69, 9.17) is 4.74 Å². The summed E-state index contributed by atoms with van der Waals surface area (Å²) in [5, 5.41) is 0. The third kappa shape index (κ3) is 3.62. The maximum Gasteiger partial charge on any atom is 0.250 e. The molecule has 1 atom stereocenters. The highest BCUT2D eigenvalue weighted by Crippen LogP contribution is 2.30. The molecule has 0 bridgehead atoms. The van der Waals surface area contributed by atoms with E-state index in [0.717, 1.165) is 27.9 Å². The maximum atomic E-state index is 13.3. The summed E-state index contributed by atoms with van der Waals surface area (Å²) < 4.78 is 8.15. The van der Waals surface area contributed by atoms with Gasteiger partial charge < -0.3 is 14.2 Å². The van der Waals surface area contributed by atoms with E-state index in [1.165, 1.54) is 5.56 Å². The van der Waals surface area contributed by atoms with Crippen LogP contribution in [0.25, 0.3) is 0 Å². The average molecular weight is 426 g/mol. The van der Waals surface area contributed by atoms with Crippen molar-refractivity contribution in [2.75, 3.05) is 13.7 Å². The highest BCUT2D eigenvalue weighted by Gasteiger charge is 2.33. The second kappa shape index (κ2) is 7.56. The third-order valence-corrected chi connectivity index (χ3v) is 5.41. The lowest BCUT2D eigenvalue weighted by atomic mass is 10.0. The smallest absolute Gasteiger partial charge is 0.250 e. The van der Waals surface area contributed by atoms with Crippen molar-refractivity contribution in [3.8, 4) is 5.75 Å². The lowest BCUT2D eigenvalue weighted by Crippen LogP contribution is -2.43. The molecule has 0 radical (unpaired) electrons. The Morgan fingerprint density at radius 2 is 2.04 bits per heavy atom. The van der Waals surface area contributed by atoms with Gasteiger partial charge in [0.15, 0.2) is 0 Å². The van der Waals surface area contributed by atoms with Gasteiger partial charge in [-0.2, -0.15) is 0 Å². The molecule has 1 aliphatic heterocycles. The summed E-state index contributed by atoms with van der Waals surface area (Å²) in [4.78, 5) is 19.5. The van der Waals surface area contributed by atoms with Crippen LogP contribution in [0.3, 0.4) is 0 Å². The van der Waals surface area contributed by atoms with E-state index < -0.39 is 0 Å². The van der Waals surface area contributed by atoms with E-state index in [-0.39, 0.29) is 11.9 Å². The van der Waals surface area contributed by atoms with E-state index in [9.17, 15) is 4.79 Å². The number of carbonyl (C=O) groups is 1. The molecule has 27 heavy (non-hydrogen) atoms. The molecule has 0 saturated heterocycles. The zero-order chi connectivity index (χ0) is 18.8. The van der Waals surface area contributed by atoms with Crippen molar-refractivity contribution in [3.63, 3.8) is 0 Å². The van der Waals surface area contributed by atoms with Crippen molar-refractivity contribution in [1.82, 2.24) is 14.5 Å². The molecule has 1 aliphatic rings. The molecule has 138 valence electrons. The van der Waals surface area contributed by atoms with Gasteiger partial charge in [-0.15, -0.1) is 0 Å². The number of hydrogen-bond acceptors (Lipinski definition) is 3. The largest absolute Gasteiger partial charge is 0.497 e. The summed E-state index contributed by atoms with van der Waals surface area (Å²) in [6.07, 6.45) is 4.40. The summed E-state index contributed by atoms with van der Waals surface area (Å²) in [6.45, 7) is 1.25. The van der Waals surface area contributed by atoms with Crippen molar-refractivity contribution >= 4 is 21.8 Å². The third-order valence-electron chi connectivity index (χ3n) is 4.92. The van der Waals surface area contributed by atoms with Gasteiger partial charge in [0.25, 0.3) is 5.91 Å². The van der Waals surface area contributed by atoms with Crippen molar-refractivity contribution < 1.29 is 9.53 Å². The van der Waals surface area contributed by atoms with E-state index in [2.05, 4.69) is 20.9 Å². The van der Waals surface area contributed by atoms with E-state index >= 15 is 0 Å². The first-order valence-corrected chi connectivity index (χ1v) is 9.63. The van der Waals surface area contributed by atoms with Gasteiger partial charge in [-0.25, -0.2) is 4.98 Å². The van der Waals surface area contributed by atoms with Crippen LogP contribution in [0.5, 0.6) is 5.75 Å². The lowest BCUT2D eigenvalue weighted by molar-refractivity contribution is -0.136. The predicted octanol–water partition coefficient (Wildman–Crippen LogP) is 3.83. The van der Waals surface area contributed by atoms with Crippen LogP contribution in [-0.2, 0) is 17.8 Å². The number of nitrogens with zero attached hydrogens (tertiary/aromatic N) is 3. The molecular formula is C21H20BrN3O2. The molecule has 0 aliphatic carbocycles. The van der Waals surface area contributed by atoms with Crippen LogP contribution in [0.1, 0.15) is 22.9 Å². The molecule has 2 aromatic carbocycles. The number of halogens is 1. The summed E-state index contributed by atoms with van der Waals surface area (Å²) >= 11 is 3.51. The molecule has 0 fully saturated rings. The first-order valence-electron chi connectivity index (χ1n) is 8.83. The van der Waals surface area contributed by atoms with Gasteiger partial charge in [0.2, 0.25) is 0 Å². The van der Waals surface area contributed by atoms with E-state index in [1.54, 1.807) is 13.4 Å². The van der Waals surface area contributed by atoms with E-state index in [0.29, 0.717) is 13.1 Å².